The molecule has 0 unspecified atom stereocenters. The highest BCUT2D eigenvalue weighted by Crippen LogP contribution is 2.52. The zero-order chi connectivity index (χ0) is 20.5. The van der Waals surface area contributed by atoms with Gasteiger partial charge in [-0.25, -0.2) is 13.2 Å². The number of amides is 1. The number of carboxylic acid groups (broad SMARTS) is 1. The second-order valence-corrected chi connectivity index (χ2v) is 8.89. The highest BCUT2D eigenvalue weighted by molar-refractivity contribution is 14.1. The maximum atomic E-state index is 13.3. The van der Waals surface area contributed by atoms with Crippen LogP contribution in [0.5, 0.6) is 0 Å². The van der Waals surface area contributed by atoms with E-state index >= 15 is 0 Å². The number of carbonyl (C=O) groups is 2. The smallest absolute Gasteiger partial charge is 0.303 e. The van der Waals surface area contributed by atoms with Crippen LogP contribution in [0.25, 0.3) is 0 Å². The van der Waals surface area contributed by atoms with Crippen LogP contribution in [-0.4, -0.2) is 22.7 Å². The average Bonchev–Trinajstić information content (AvgIpc) is 3.37. The molecule has 1 aliphatic carbocycles. The number of halogens is 4. The molecule has 148 valence electrons. The molecule has 0 aliphatic heterocycles. The molecule has 0 saturated heterocycles. The number of nitrogens with one attached hydrogen (secondary N) is 1. The first kappa shape index (κ1) is 21.0. The average molecular weight is 521 g/mol. The molecule has 2 aromatic carbocycles. The summed E-state index contributed by atoms with van der Waals surface area (Å²) in [5.74, 6) is -5.14. The topological polar surface area (TPSA) is 66.4 Å². The van der Waals surface area contributed by atoms with E-state index in [1.165, 1.54) is 11.8 Å². The molecule has 1 amide bonds. The van der Waals surface area contributed by atoms with Gasteiger partial charge in [-0.15, -0.1) is 11.8 Å². The molecule has 2 aromatic rings. The van der Waals surface area contributed by atoms with Gasteiger partial charge in [0.05, 0.1) is 6.42 Å². The van der Waals surface area contributed by atoms with Crippen molar-refractivity contribution in [3.05, 3.63) is 56.9 Å². The summed E-state index contributed by atoms with van der Waals surface area (Å²) in [6, 6.07) is 6.37. The number of thioether (sulfide) groups is 1. The zero-order valence-electron chi connectivity index (χ0n) is 14.4. The van der Waals surface area contributed by atoms with Crippen molar-refractivity contribution in [1.29, 1.82) is 0 Å². The molecular formula is C19H15F3INO3S. The maximum Gasteiger partial charge on any atom is 0.303 e. The number of hydrogen-bond donors (Lipinski definition) is 2. The van der Waals surface area contributed by atoms with E-state index in [-0.39, 0.29) is 23.1 Å². The van der Waals surface area contributed by atoms with E-state index in [1.807, 2.05) is 0 Å². The predicted molar refractivity (Wildman–Crippen MR) is 108 cm³/mol. The van der Waals surface area contributed by atoms with Crippen LogP contribution in [0.15, 0.2) is 35.2 Å². The highest BCUT2D eigenvalue weighted by Gasteiger charge is 2.44. The Bertz CT molecular complexity index is 927. The van der Waals surface area contributed by atoms with E-state index in [4.69, 9.17) is 5.11 Å². The van der Waals surface area contributed by atoms with Gasteiger partial charge in [-0.3, -0.25) is 9.59 Å². The minimum absolute atomic E-state index is 0.123. The van der Waals surface area contributed by atoms with Crippen molar-refractivity contribution >= 4 is 51.9 Å². The SMILES string of the molecule is O=C(O)CC1(CSc2cc(C(=O)Nc3cc(F)c(F)c(F)c3)ccc2I)CC1. The number of carboxylic acids is 1. The molecular weight excluding hydrogens is 506 g/mol. The second kappa shape index (κ2) is 8.32. The maximum absolute atomic E-state index is 13.3. The summed E-state index contributed by atoms with van der Waals surface area (Å²) < 4.78 is 40.5. The Labute approximate surface area is 177 Å². The van der Waals surface area contributed by atoms with Crippen LogP contribution in [0, 0.1) is 26.4 Å². The van der Waals surface area contributed by atoms with Gasteiger partial charge in [0.1, 0.15) is 0 Å². The summed E-state index contributed by atoms with van der Waals surface area (Å²) in [7, 11) is 0. The number of carbonyl (C=O) groups excluding carboxylic acids is 1. The van der Waals surface area contributed by atoms with Crippen LogP contribution < -0.4 is 5.32 Å². The minimum atomic E-state index is -1.60. The quantitative estimate of drug-likeness (QED) is 0.295. The molecule has 0 atom stereocenters. The first-order chi connectivity index (χ1) is 13.2. The fourth-order valence-corrected chi connectivity index (χ4v) is 4.76. The van der Waals surface area contributed by atoms with Crippen LogP contribution in [0.3, 0.4) is 0 Å². The summed E-state index contributed by atoms with van der Waals surface area (Å²) in [5.41, 5.74) is -0.107. The number of rotatable bonds is 7. The van der Waals surface area contributed by atoms with E-state index in [2.05, 4.69) is 27.9 Å². The summed E-state index contributed by atoms with van der Waals surface area (Å²) in [4.78, 5) is 24.2. The standard InChI is InChI=1S/C19H15F3INO3S/c20-12-6-11(7-13(21)17(12)22)24-18(27)10-1-2-14(23)15(5-10)28-9-19(3-4-19)8-16(25)26/h1-2,5-7H,3-4,8-9H2,(H,24,27)(H,25,26). The summed E-state index contributed by atoms with van der Waals surface area (Å²) in [6.45, 7) is 0. The molecule has 0 radical (unpaired) electrons. The lowest BCUT2D eigenvalue weighted by atomic mass is 10.1. The van der Waals surface area contributed by atoms with Crippen LogP contribution in [0.4, 0.5) is 18.9 Å². The number of anilines is 1. The van der Waals surface area contributed by atoms with E-state index in [1.54, 1.807) is 18.2 Å². The van der Waals surface area contributed by atoms with Crippen LogP contribution in [-0.2, 0) is 4.79 Å². The van der Waals surface area contributed by atoms with Gasteiger partial charge in [0.2, 0.25) is 0 Å². The predicted octanol–water partition coefficient (Wildman–Crippen LogP) is 5.31. The van der Waals surface area contributed by atoms with E-state index < -0.39 is 29.3 Å². The van der Waals surface area contributed by atoms with Crippen molar-refractivity contribution in [1.82, 2.24) is 0 Å². The number of hydrogen-bond acceptors (Lipinski definition) is 3. The van der Waals surface area contributed by atoms with Crippen LogP contribution in [0.1, 0.15) is 29.6 Å². The van der Waals surface area contributed by atoms with Crippen molar-refractivity contribution < 1.29 is 27.9 Å². The van der Waals surface area contributed by atoms with Crippen molar-refractivity contribution in [3.8, 4) is 0 Å². The van der Waals surface area contributed by atoms with Gasteiger partial charge in [-0.1, -0.05) is 0 Å². The summed E-state index contributed by atoms with van der Waals surface area (Å²) in [5, 5.41) is 11.4. The summed E-state index contributed by atoms with van der Waals surface area (Å²) in [6.07, 6.45) is 1.86. The van der Waals surface area contributed by atoms with Gasteiger partial charge < -0.3 is 10.4 Å². The molecule has 4 nitrogen and oxygen atoms in total. The minimum Gasteiger partial charge on any atom is -0.481 e. The Kier molecular flexibility index (Phi) is 6.23. The lowest BCUT2D eigenvalue weighted by Gasteiger charge is -2.13. The lowest BCUT2D eigenvalue weighted by molar-refractivity contribution is -0.138. The Morgan fingerprint density at radius 3 is 2.36 bits per heavy atom. The zero-order valence-corrected chi connectivity index (χ0v) is 17.4. The van der Waals surface area contributed by atoms with Gasteiger partial charge >= 0.3 is 5.97 Å². The lowest BCUT2D eigenvalue weighted by Crippen LogP contribution is -2.13. The third-order valence-electron chi connectivity index (χ3n) is 4.45. The monoisotopic (exact) mass is 521 g/mol. The van der Waals surface area contributed by atoms with Crippen molar-refractivity contribution in [3.63, 3.8) is 0 Å². The third kappa shape index (κ3) is 4.99. The van der Waals surface area contributed by atoms with Crippen LogP contribution >= 0.6 is 34.4 Å². The number of aliphatic carboxylic acids is 1. The second-order valence-electron chi connectivity index (χ2n) is 6.71. The van der Waals surface area contributed by atoms with Crippen molar-refractivity contribution in [2.45, 2.75) is 24.2 Å². The Morgan fingerprint density at radius 2 is 1.79 bits per heavy atom. The van der Waals surface area contributed by atoms with Crippen molar-refractivity contribution in [2.24, 2.45) is 5.41 Å². The van der Waals surface area contributed by atoms with Gasteiger partial charge in [0.15, 0.2) is 17.5 Å². The normalized spacial score (nSPS) is 14.6. The van der Waals surface area contributed by atoms with Gasteiger partial charge in [-0.2, -0.15) is 0 Å². The number of benzene rings is 2. The molecule has 0 spiro atoms. The molecule has 0 bridgehead atoms. The molecule has 3 rings (SSSR count). The molecule has 1 aliphatic rings. The Morgan fingerprint density at radius 1 is 1.14 bits per heavy atom. The molecule has 0 heterocycles. The highest BCUT2D eigenvalue weighted by atomic mass is 127. The molecule has 1 saturated carbocycles. The molecule has 9 heteroatoms. The Balaban J connectivity index is 1.72. The van der Waals surface area contributed by atoms with Gasteiger partial charge in [-0.05, 0) is 59.0 Å². The van der Waals surface area contributed by atoms with E-state index in [0.717, 1.165) is 21.3 Å². The van der Waals surface area contributed by atoms with E-state index in [0.29, 0.717) is 17.9 Å². The van der Waals surface area contributed by atoms with Crippen molar-refractivity contribution in [2.75, 3.05) is 11.1 Å². The van der Waals surface area contributed by atoms with Gasteiger partial charge in [0.25, 0.3) is 5.91 Å². The van der Waals surface area contributed by atoms with Gasteiger partial charge in [0, 0.05) is 37.6 Å². The Hall–Kier alpha value is -1.75. The molecule has 0 aromatic heterocycles. The first-order valence-electron chi connectivity index (χ1n) is 8.29. The largest absolute Gasteiger partial charge is 0.481 e. The first-order valence-corrected chi connectivity index (χ1v) is 10.4. The fraction of sp³-hybridized carbons (Fsp3) is 0.263. The molecule has 2 N–H and O–H groups in total. The van der Waals surface area contributed by atoms with Crippen LogP contribution in [0.2, 0.25) is 0 Å². The third-order valence-corrected chi connectivity index (χ3v) is 7.16. The van der Waals surface area contributed by atoms with E-state index in [9.17, 15) is 22.8 Å². The molecule has 28 heavy (non-hydrogen) atoms. The molecule has 1 fully saturated rings. The fourth-order valence-electron chi connectivity index (χ4n) is 2.69. The summed E-state index contributed by atoms with van der Waals surface area (Å²) >= 11 is 3.61.